The second-order valence-electron chi connectivity index (χ2n) is 3.65. The molecular formula is C12H10N4O. The molecule has 0 aliphatic heterocycles. The van der Waals surface area contributed by atoms with Gasteiger partial charge in [-0.1, -0.05) is 0 Å². The van der Waals surface area contributed by atoms with E-state index in [0.717, 1.165) is 11.3 Å². The van der Waals surface area contributed by atoms with Crippen LogP contribution in [0.5, 0.6) is 0 Å². The molecule has 0 fully saturated rings. The van der Waals surface area contributed by atoms with E-state index in [0.29, 0.717) is 11.1 Å². The lowest BCUT2D eigenvalue weighted by molar-refractivity contribution is 0.100. The molecule has 0 aliphatic carbocycles. The SMILES string of the molecule is Cc1cc(-n2cc(C(N)=O)cn2)ccc1C#N. The highest BCUT2D eigenvalue weighted by molar-refractivity contribution is 5.92. The Labute approximate surface area is 98.1 Å². The van der Waals surface area contributed by atoms with Crippen molar-refractivity contribution in [1.29, 1.82) is 5.26 Å². The number of carbonyl (C=O) groups is 1. The lowest BCUT2D eigenvalue weighted by Gasteiger charge is -2.03. The molecule has 0 aliphatic rings. The number of nitrogens with two attached hydrogens (primary N) is 1. The van der Waals surface area contributed by atoms with Gasteiger partial charge in [-0.15, -0.1) is 0 Å². The van der Waals surface area contributed by atoms with Crippen molar-refractivity contribution in [3.8, 4) is 11.8 Å². The molecule has 17 heavy (non-hydrogen) atoms. The number of rotatable bonds is 2. The molecule has 2 aromatic rings. The van der Waals surface area contributed by atoms with Gasteiger partial charge >= 0.3 is 0 Å². The van der Waals surface area contributed by atoms with Crippen molar-refractivity contribution in [3.05, 3.63) is 47.3 Å². The zero-order valence-electron chi connectivity index (χ0n) is 9.21. The normalized spacial score (nSPS) is 9.88. The van der Waals surface area contributed by atoms with Crippen LogP contribution in [0.2, 0.25) is 0 Å². The van der Waals surface area contributed by atoms with Crippen LogP contribution in [0.4, 0.5) is 0 Å². The molecule has 5 nitrogen and oxygen atoms in total. The summed E-state index contributed by atoms with van der Waals surface area (Å²) in [6, 6.07) is 7.41. The van der Waals surface area contributed by atoms with Gasteiger partial charge in [0, 0.05) is 6.20 Å². The van der Waals surface area contributed by atoms with Crippen LogP contribution in [0, 0.1) is 18.3 Å². The molecule has 0 atom stereocenters. The van der Waals surface area contributed by atoms with Gasteiger partial charge in [0.1, 0.15) is 0 Å². The molecule has 2 rings (SSSR count). The van der Waals surface area contributed by atoms with Crippen molar-refractivity contribution in [2.24, 2.45) is 5.73 Å². The number of hydrogen-bond acceptors (Lipinski definition) is 3. The van der Waals surface area contributed by atoms with Crippen LogP contribution >= 0.6 is 0 Å². The van der Waals surface area contributed by atoms with Gasteiger partial charge < -0.3 is 5.73 Å². The van der Waals surface area contributed by atoms with E-state index in [-0.39, 0.29) is 0 Å². The number of aromatic nitrogens is 2. The highest BCUT2D eigenvalue weighted by atomic mass is 16.1. The molecule has 1 aromatic carbocycles. The van der Waals surface area contributed by atoms with E-state index in [9.17, 15) is 4.79 Å². The highest BCUT2D eigenvalue weighted by Crippen LogP contribution is 2.14. The van der Waals surface area contributed by atoms with E-state index in [1.54, 1.807) is 23.0 Å². The predicted octanol–water partition coefficient (Wildman–Crippen LogP) is 1.15. The summed E-state index contributed by atoms with van der Waals surface area (Å²) in [6.07, 6.45) is 2.97. The summed E-state index contributed by atoms with van der Waals surface area (Å²) < 4.78 is 1.55. The minimum Gasteiger partial charge on any atom is -0.366 e. The molecule has 1 aromatic heterocycles. The summed E-state index contributed by atoms with van der Waals surface area (Å²) in [7, 11) is 0. The van der Waals surface area contributed by atoms with Crippen molar-refractivity contribution in [3.63, 3.8) is 0 Å². The number of benzene rings is 1. The Morgan fingerprint density at radius 2 is 2.29 bits per heavy atom. The average Bonchev–Trinajstić information content (AvgIpc) is 2.78. The lowest BCUT2D eigenvalue weighted by atomic mass is 10.1. The first-order chi connectivity index (χ1) is 8.11. The zero-order valence-corrected chi connectivity index (χ0v) is 9.21. The first-order valence-corrected chi connectivity index (χ1v) is 4.97. The van der Waals surface area contributed by atoms with Gasteiger partial charge in [-0.3, -0.25) is 4.79 Å². The Kier molecular flexibility index (Phi) is 2.63. The highest BCUT2D eigenvalue weighted by Gasteiger charge is 2.06. The Hall–Kier alpha value is -2.61. The molecule has 0 bridgehead atoms. The summed E-state index contributed by atoms with van der Waals surface area (Å²) in [4.78, 5) is 10.9. The van der Waals surface area contributed by atoms with Gasteiger partial charge in [-0.25, -0.2) is 4.68 Å². The Morgan fingerprint density at radius 1 is 1.53 bits per heavy atom. The van der Waals surface area contributed by atoms with Gasteiger partial charge in [0.2, 0.25) is 0 Å². The number of primary amides is 1. The fourth-order valence-electron chi connectivity index (χ4n) is 1.51. The van der Waals surface area contributed by atoms with Crippen LogP contribution in [0.25, 0.3) is 5.69 Å². The second-order valence-corrected chi connectivity index (χ2v) is 3.65. The summed E-state index contributed by atoms with van der Waals surface area (Å²) in [5, 5.41) is 12.9. The molecule has 2 N–H and O–H groups in total. The number of aryl methyl sites for hydroxylation is 1. The van der Waals surface area contributed by atoms with Crippen LogP contribution < -0.4 is 5.73 Å². The number of amides is 1. The second kappa shape index (κ2) is 4.10. The minimum absolute atomic E-state index is 0.354. The largest absolute Gasteiger partial charge is 0.366 e. The van der Waals surface area contributed by atoms with E-state index < -0.39 is 5.91 Å². The van der Waals surface area contributed by atoms with Gasteiger partial charge in [-0.2, -0.15) is 10.4 Å². The van der Waals surface area contributed by atoms with E-state index >= 15 is 0 Å². The Morgan fingerprint density at radius 3 is 2.82 bits per heavy atom. The monoisotopic (exact) mass is 226 g/mol. The fourth-order valence-corrected chi connectivity index (χ4v) is 1.51. The third-order valence-corrected chi connectivity index (χ3v) is 2.46. The molecule has 5 heteroatoms. The third kappa shape index (κ3) is 2.01. The molecule has 0 saturated heterocycles. The number of nitrogens with zero attached hydrogens (tertiary/aromatic N) is 3. The molecule has 0 spiro atoms. The first-order valence-electron chi connectivity index (χ1n) is 4.97. The zero-order chi connectivity index (χ0) is 12.4. The van der Waals surface area contributed by atoms with Gasteiger partial charge in [0.25, 0.3) is 5.91 Å². The molecule has 0 radical (unpaired) electrons. The summed E-state index contributed by atoms with van der Waals surface area (Å²) in [5.74, 6) is -0.512. The first kappa shape index (κ1) is 10.9. The topological polar surface area (TPSA) is 84.7 Å². The molecule has 84 valence electrons. The maximum Gasteiger partial charge on any atom is 0.251 e. The number of carbonyl (C=O) groups excluding carboxylic acids is 1. The van der Waals surface area contributed by atoms with Crippen molar-refractivity contribution in [2.45, 2.75) is 6.92 Å². The van der Waals surface area contributed by atoms with E-state index in [1.165, 1.54) is 6.20 Å². The quantitative estimate of drug-likeness (QED) is 0.833. The number of nitriles is 1. The van der Waals surface area contributed by atoms with Gasteiger partial charge in [0.15, 0.2) is 0 Å². The Balaban J connectivity index is 2.43. The van der Waals surface area contributed by atoms with Crippen LogP contribution in [0.3, 0.4) is 0 Å². The van der Waals surface area contributed by atoms with Crippen molar-refractivity contribution in [1.82, 2.24) is 9.78 Å². The maximum absolute atomic E-state index is 10.9. The van der Waals surface area contributed by atoms with E-state index in [1.807, 2.05) is 13.0 Å². The Bertz CT molecular complexity index is 622. The molecule has 0 saturated carbocycles. The predicted molar refractivity (Wildman–Crippen MR) is 61.5 cm³/mol. The van der Waals surface area contributed by atoms with E-state index in [4.69, 9.17) is 11.0 Å². The summed E-state index contributed by atoms with van der Waals surface area (Å²) >= 11 is 0. The van der Waals surface area contributed by atoms with Crippen molar-refractivity contribution in [2.75, 3.05) is 0 Å². The molecule has 1 amide bonds. The van der Waals surface area contributed by atoms with Crippen LogP contribution in [-0.4, -0.2) is 15.7 Å². The smallest absolute Gasteiger partial charge is 0.251 e. The van der Waals surface area contributed by atoms with Crippen molar-refractivity contribution >= 4 is 5.91 Å². The van der Waals surface area contributed by atoms with Crippen molar-refractivity contribution < 1.29 is 4.79 Å². The summed E-state index contributed by atoms with van der Waals surface area (Å²) in [5.41, 5.74) is 7.77. The fraction of sp³-hybridized carbons (Fsp3) is 0.0833. The third-order valence-electron chi connectivity index (χ3n) is 2.46. The number of hydrogen-bond donors (Lipinski definition) is 1. The van der Waals surface area contributed by atoms with Crippen LogP contribution in [-0.2, 0) is 0 Å². The summed E-state index contributed by atoms with van der Waals surface area (Å²) in [6.45, 7) is 1.85. The van der Waals surface area contributed by atoms with Gasteiger partial charge in [0.05, 0.1) is 29.1 Å². The standard InChI is InChI=1S/C12H10N4O/c1-8-4-11(3-2-9(8)5-13)16-7-10(6-15-16)12(14)17/h2-4,6-7H,1H3,(H2,14,17). The molecular weight excluding hydrogens is 216 g/mol. The average molecular weight is 226 g/mol. The molecule has 0 unspecified atom stereocenters. The minimum atomic E-state index is -0.512. The van der Waals surface area contributed by atoms with Gasteiger partial charge in [-0.05, 0) is 30.7 Å². The maximum atomic E-state index is 10.9. The molecule has 1 heterocycles. The van der Waals surface area contributed by atoms with Crippen LogP contribution in [0.1, 0.15) is 21.5 Å². The lowest BCUT2D eigenvalue weighted by Crippen LogP contribution is -2.09. The van der Waals surface area contributed by atoms with E-state index in [2.05, 4.69) is 11.2 Å². The van der Waals surface area contributed by atoms with Crippen LogP contribution in [0.15, 0.2) is 30.6 Å².